The highest BCUT2D eigenvalue weighted by atomic mass is 16.5. The van der Waals surface area contributed by atoms with Gasteiger partial charge < -0.3 is 15.0 Å². The molecule has 122 valence electrons. The van der Waals surface area contributed by atoms with Gasteiger partial charge in [0, 0.05) is 12.2 Å². The molecule has 1 atom stereocenters. The molecule has 0 aromatic heterocycles. The van der Waals surface area contributed by atoms with Crippen LogP contribution >= 0.6 is 0 Å². The standard InChI is InChI=1S/C19H24N2O2/c1-15(23-14-17-7-5-4-6-8-17)19(22)20-18-11-9-16(10-12-18)13-21(2)3/h4-12,15H,13-14H2,1-3H3,(H,20,22). The number of ether oxygens (including phenoxy) is 1. The van der Waals surface area contributed by atoms with E-state index in [1.165, 1.54) is 5.56 Å². The van der Waals surface area contributed by atoms with Gasteiger partial charge in [0.2, 0.25) is 0 Å². The van der Waals surface area contributed by atoms with Crippen molar-refractivity contribution < 1.29 is 9.53 Å². The van der Waals surface area contributed by atoms with Crippen LogP contribution in [0.15, 0.2) is 54.6 Å². The number of amides is 1. The zero-order valence-corrected chi connectivity index (χ0v) is 14.0. The summed E-state index contributed by atoms with van der Waals surface area (Å²) in [5, 5.41) is 2.88. The highest BCUT2D eigenvalue weighted by molar-refractivity contribution is 5.93. The summed E-state index contributed by atoms with van der Waals surface area (Å²) < 4.78 is 5.62. The van der Waals surface area contributed by atoms with Crippen LogP contribution in [0.1, 0.15) is 18.1 Å². The van der Waals surface area contributed by atoms with Gasteiger partial charge in [-0.15, -0.1) is 0 Å². The molecule has 2 rings (SSSR count). The molecule has 4 nitrogen and oxygen atoms in total. The molecule has 1 N–H and O–H groups in total. The minimum Gasteiger partial charge on any atom is -0.364 e. The third-order valence-corrected chi connectivity index (χ3v) is 3.43. The highest BCUT2D eigenvalue weighted by Crippen LogP contribution is 2.12. The van der Waals surface area contributed by atoms with Crippen molar-refractivity contribution in [3.05, 3.63) is 65.7 Å². The summed E-state index contributed by atoms with van der Waals surface area (Å²) >= 11 is 0. The second-order valence-corrected chi connectivity index (χ2v) is 5.86. The first kappa shape index (κ1) is 17.2. The first-order valence-electron chi connectivity index (χ1n) is 7.74. The number of hydrogen-bond donors (Lipinski definition) is 1. The van der Waals surface area contributed by atoms with Crippen molar-refractivity contribution in [1.82, 2.24) is 4.90 Å². The lowest BCUT2D eigenvalue weighted by Gasteiger charge is -2.14. The number of nitrogens with zero attached hydrogens (tertiary/aromatic N) is 1. The monoisotopic (exact) mass is 312 g/mol. The number of carbonyl (C=O) groups is 1. The van der Waals surface area contributed by atoms with Crippen LogP contribution in [0.2, 0.25) is 0 Å². The SMILES string of the molecule is CC(OCc1ccccc1)C(=O)Nc1ccc(CN(C)C)cc1. The number of rotatable bonds is 7. The van der Waals surface area contributed by atoms with Crippen LogP contribution in [0.4, 0.5) is 5.69 Å². The molecule has 0 aliphatic rings. The minimum atomic E-state index is -0.503. The maximum Gasteiger partial charge on any atom is 0.253 e. The topological polar surface area (TPSA) is 41.6 Å². The highest BCUT2D eigenvalue weighted by Gasteiger charge is 2.13. The predicted octanol–water partition coefficient (Wildman–Crippen LogP) is 3.29. The van der Waals surface area contributed by atoms with Crippen molar-refractivity contribution in [1.29, 1.82) is 0 Å². The summed E-state index contributed by atoms with van der Waals surface area (Å²) in [4.78, 5) is 14.3. The molecule has 0 fully saturated rings. The summed E-state index contributed by atoms with van der Waals surface area (Å²) in [5.41, 5.74) is 3.05. The van der Waals surface area contributed by atoms with Crippen LogP contribution in [0.5, 0.6) is 0 Å². The zero-order valence-electron chi connectivity index (χ0n) is 14.0. The smallest absolute Gasteiger partial charge is 0.253 e. The van der Waals surface area contributed by atoms with Crippen molar-refractivity contribution >= 4 is 11.6 Å². The maximum absolute atomic E-state index is 12.2. The van der Waals surface area contributed by atoms with E-state index in [2.05, 4.69) is 10.2 Å². The summed E-state index contributed by atoms with van der Waals surface area (Å²) in [6.07, 6.45) is -0.503. The summed E-state index contributed by atoms with van der Waals surface area (Å²) in [6.45, 7) is 3.07. The number of nitrogens with one attached hydrogen (secondary N) is 1. The fraction of sp³-hybridized carbons (Fsp3) is 0.316. The van der Waals surface area contributed by atoms with E-state index in [-0.39, 0.29) is 5.91 Å². The van der Waals surface area contributed by atoms with Gasteiger partial charge in [0.25, 0.3) is 5.91 Å². The lowest BCUT2D eigenvalue weighted by Crippen LogP contribution is -2.27. The molecule has 0 radical (unpaired) electrons. The molecule has 0 aliphatic carbocycles. The second-order valence-electron chi connectivity index (χ2n) is 5.86. The quantitative estimate of drug-likeness (QED) is 0.853. The predicted molar refractivity (Wildman–Crippen MR) is 93.2 cm³/mol. The first-order chi connectivity index (χ1) is 11.0. The molecule has 0 bridgehead atoms. The molecule has 1 unspecified atom stereocenters. The Morgan fingerprint density at radius 2 is 1.70 bits per heavy atom. The number of hydrogen-bond acceptors (Lipinski definition) is 3. The molecule has 2 aromatic rings. The number of benzene rings is 2. The Balaban J connectivity index is 1.83. The van der Waals surface area contributed by atoms with E-state index in [0.717, 1.165) is 17.8 Å². The molecular formula is C19H24N2O2. The third-order valence-electron chi connectivity index (χ3n) is 3.43. The largest absolute Gasteiger partial charge is 0.364 e. The average molecular weight is 312 g/mol. The van der Waals surface area contributed by atoms with Crippen molar-refractivity contribution in [3.63, 3.8) is 0 Å². The second kappa shape index (κ2) is 8.46. The van der Waals surface area contributed by atoms with Gasteiger partial charge in [-0.05, 0) is 44.3 Å². The van der Waals surface area contributed by atoms with Gasteiger partial charge in [0.05, 0.1) is 6.61 Å². The zero-order chi connectivity index (χ0) is 16.7. The van der Waals surface area contributed by atoms with Crippen molar-refractivity contribution in [2.75, 3.05) is 19.4 Å². The summed E-state index contributed by atoms with van der Waals surface area (Å²) in [6, 6.07) is 17.7. The van der Waals surface area contributed by atoms with Crippen molar-refractivity contribution in [2.45, 2.75) is 26.2 Å². The minimum absolute atomic E-state index is 0.138. The van der Waals surface area contributed by atoms with Gasteiger partial charge >= 0.3 is 0 Å². The molecule has 0 saturated heterocycles. The number of anilines is 1. The van der Waals surface area contributed by atoms with Crippen LogP contribution in [0.25, 0.3) is 0 Å². The van der Waals surface area contributed by atoms with E-state index in [4.69, 9.17) is 4.74 Å². The van der Waals surface area contributed by atoms with Crippen LogP contribution in [-0.4, -0.2) is 31.0 Å². The molecule has 23 heavy (non-hydrogen) atoms. The normalized spacial score (nSPS) is 12.2. The van der Waals surface area contributed by atoms with E-state index < -0.39 is 6.10 Å². The average Bonchev–Trinajstić information content (AvgIpc) is 2.55. The lowest BCUT2D eigenvalue weighted by molar-refractivity contribution is -0.127. The Morgan fingerprint density at radius 3 is 2.30 bits per heavy atom. The Labute approximate surface area is 138 Å². The van der Waals surface area contributed by atoms with Gasteiger partial charge in [0.1, 0.15) is 6.10 Å². The molecule has 0 spiro atoms. The summed E-state index contributed by atoms with van der Waals surface area (Å²) in [5.74, 6) is -0.138. The van der Waals surface area contributed by atoms with Crippen LogP contribution in [0.3, 0.4) is 0 Å². The fourth-order valence-corrected chi connectivity index (χ4v) is 2.17. The van der Waals surface area contributed by atoms with Gasteiger partial charge in [0.15, 0.2) is 0 Å². The van der Waals surface area contributed by atoms with Gasteiger partial charge in [-0.2, -0.15) is 0 Å². The molecule has 2 aromatic carbocycles. The fourth-order valence-electron chi connectivity index (χ4n) is 2.17. The van der Waals surface area contributed by atoms with Crippen LogP contribution in [0, 0.1) is 0 Å². The van der Waals surface area contributed by atoms with E-state index in [0.29, 0.717) is 6.61 Å². The van der Waals surface area contributed by atoms with Crippen molar-refractivity contribution in [3.8, 4) is 0 Å². The van der Waals surface area contributed by atoms with E-state index in [1.54, 1.807) is 6.92 Å². The Hall–Kier alpha value is -2.17. The number of carbonyl (C=O) groups excluding carboxylic acids is 1. The Kier molecular flexibility index (Phi) is 6.32. The molecule has 4 heteroatoms. The van der Waals surface area contributed by atoms with Gasteiger partial charge in [-0.3, -0.25) is 4.79 Å². The van der Waals surface area contributed by atoms with Gasteiger partial charge in [-0.1, -0.05) is 42.5 Å². The maximum atomic E-state index is 12.2. The summed E-state index contributed by atoms with van der Waals surface area (Å²) in [7, 11) is 4.06. The van der Waals surface area contributed by atoms with E-state index >= 15 is 0 Å². The molecule has 0 saturated carbocycles. The molecule has 1 amide bonds. The Morgan fingerprint density at radius 1 is 1.04 bits per heavy atom. The van der Waals surface area contributed by atoms with Crippen molar-refractivity contribution in [2.24, 2.45) is 0 Å². The lowest BCUT2D eigenvalue weighted by atomic mass is 10.2. The van der Waals surface area contributed by atoms with E-state index in [1.807, 2.05) is 68.7 Å². The molecular weight excluding hydrogens is 288 g/mol. The van der Waals surface area contributed by atoms with E-state index in [9.17, 15) is 4.79 Å². The first-order valence-corrected chi connectivity index (χ1v) is 7.74. The van der Waals surface area contributed by atoms with Crippen LogP contribution < -0.4 is 5.32 Å². The molecule has 0 aliphatic heterocycles. The Bertz CT molecular complexity index is 609. The third kappa shape index (κ3) is 5.85. The molecule has 0 heterocycles. The van der Waals surface area contributed by atoms with Crippen LogP contribution in [-0.2, 0) is 22.7 Å². The van der Waals surface area contributed by atoms with Gasteiger partial charge in [-0.25, -0.2) is 0 Å².